The summed E-state index contributed by atoms with van der Waals surface area (Å²) in [5.74, 6) is -2.13. The number of hydrogen-bond donors (Lipinski definition) is 0. The summed E-state index contributed by atoms with van der Waals surface area (Å²) in [4.78, 5) is 23.2. The summed E-state index contributed by atoms with van der Waals surface area (Å²) < 4.78 is 9.47. The van der Waals surface area contributed by atoms with Crippen molar-refractivity contribution in [2.75, 3.05) is 13.7 Å². The summed E-state index contributed by atoms with van der Waals surface area (Å²) in [6, 6.07) is 6.98. The van der Waals surface area contributed by atoms with Gasteiger partial charge in [-0.2, -0.15) is 0 Å². The van der Waals surface area contributed by atoms with Gasteiger partial charge in [0.2, 0.25) is 0 Å². The molecule has 1 unspecified atom stereocenters. The molecule has 1 aromatic rings. The van der Waals surface area contributed by atoms with Gasteiger partial charge in [-0.1, -0.05) is 23.7 Å². The average Bonchev–Trinajstić information content (AvgIpc) is 2.35. The van der Waals surface area contributed by atoms with E-state index in [-0.39, 0.29) is 13.0 Å². The van der Waals surface area contributed by atoms with Crippen LogP contribution in [0.4, 0.5) is 0 Å². The molecule has 1 aromatic carbocycles. The van der Waals surface area contributed by atoms with Gasteiger partial charge in [0, 0.05) is 5.02 Å². The SMILES string of the molecule is CCOC(=O)C(Cc1cccc(Cl)c1)C(=O)OC. The molecule has 0 bridgehead atoms. The molecular formula is C13H15ClO4. The zero-order valence-electron chi connectivity index (χ0n) is 10.3. The Labute approximate surface area is 111 Å². The minimum Gasteiger partial charge on any atom is -0.468 e. The van der Waals surface area contributed by atoms with Crippen LogP contribution in [0.15, 0.2) is 24.3 Å². The Bertz CT molecular complexity index is 431. The number of carbonyl (C=O) groups is 2. The predicted octanol–water partition coefficient (Wildman–Crippen LogP) is 2.23. The topological polar surface area (TPSA) is 52.6 Å². The zero-order chi connectivity index (χ0) is 13.5. The molecule has 4 nitrogen and oxygen atoms in total. The van der Waals surface area contributed by atoms with Crippen molar-refractivity contribution in [2.45, 2.75) is 13.3 Å². The van der Waals surface area contributed by atoms with Crippen LogP contribution in [-0.2, 0) is 25.5 Å². The van der Waals surface area contributed by atoms with Crippen LogP contribution in [-0.4, -0.2) is 25.7 Å². The molecule has 0 saturated heterocycles. The Hall–Kier alpha value is -1.55. The normalized spacial score (nSPS) is 11.7. The number of halogens is 1. The molecule has 0 aliphatic carbocycles. The first-order chi connectivity index (χ1) is 8.58. The number of esters is 2. The standard InChI is InChI=1S/C13H15ClO4/c1-3-18-13(16)11(12(15)17-2)8-9-5-4-6-10(14)7-9/h4-7,11H,3,8H2,1-2H3. The highest BCUT2D eigenvalue weighted by molar-refractivity contribution is 6.30. The third-order valence-electron chi connectivity index (χ3n) is 2.39. The van der Waals surface area contributed by atoms with E-state index in [1.54, 1.807) is 31.2 Å². The maximum Gasteiger partial charge on any atom is 0.320 e. The van der Waals surface area contributed by atoms with Gasteiger partial charge in [0.1, 0.15) is 0 Å². The van der Waals surface area contributed by atoms with Gasteiger partial charge in [-0.25, -0.2) is 0 Å². The van der Waals surface area contributed by atoms with Crippen molar-refractivity contribution >= 4 is 23.5 Å². The van der Waals surface area contributed by atoms with E-state index in [2.05, 4.69) is 4.74 Å². The fourth-order valence-electron chi connectivity index (χ4n) is 1.55. The highest BCUT2D eigenvalue weighted by atomic mass is 35.5. The molecule has 0 aromatic heterocycles. The Morgan fingerprint density at radius 2 is 2.06 bits per heavy atom. The summed E-state index contributed by atoms with van der Waals surface area (Å²) in [5.41, 5.74) is 0.783. The first-order valence-corrected chi connectivity index (χ1v) is 5.95. The molecule has 0 aliphatic heterocycles. The van der Waals surface area contributed by atoms with E-state index < -0.39 is 17.9 Å². The van der Waals surface area contributed by atoms with Crippen molar-refractivity contribution < 1.29 is 19.1 Å². The fraction of sp³-hybridized carbons (Fsp3) is 0.385. The summed E-state index contributed by atoms with van der Waals surface area (Å²) >= 11 is 5.85. The van der Waals surface area contributed by atoms with Crippen LogP contribution in [0.3, 0.4) is 0 Å². The molecule has 0 radical (unpaired) electrons. The predicted molar refractivity (Wildman–Crippen MR) is 67.3 cm³/mol. The van der Waals surface area contributed by atoms with E-state index in [0.29, 0.717) is 5.02 Å². The lowest BCUT2D eigenvalue weighted by atomic mass is 9.99. The van der Waals surface area contributed by atoms with Gasteiger partial charge in [0.15, 0.2) is 5.92 Å². The summed E-state index contributed by atoms with van der Waals surface area (Å²) in [7, 11) is 1.24. The second kappa shape index (κ2) is 7.01. The molecule has 0 spiro atoms. The molecule has 1 rings (SSSR count). The molecule has 5 heteroatoms. The molecule has 0 heterocycles. The van der Waals surface area contributed by atoms with E-state index >= 15 is 0 Å². The summed E-state index contributed by atoms with van der Waals surface area (Å²) in [5, 5.41) is 0.556. The Kier molecular flexibility index (Phi) is 5.65. The molecule has 0 saturated carbocycles. The lowest BCUT2D eigenvalue weighted by Gasteiger charge is -2.13. The van der Waals surface area contributed by atoms with E-state index in [0.717, 1.165) is 5.56 Å². The second-order valence-electron chi connectivity index (χ2n) is 3.66. The van der Waals surface area contributed by atoms with Crippen molar-refractivity contribution in [3.05, 3.63) is 34.9 Å². The highest BCUT2D eigenvalue weighted by Gasteiger charge is 2.29. The summed E-state index contributed by atoms with van der Waals surface area (Å²) in [6.07, 6.45) is 0.214. The summed E-state index contributed by atoms with van der Waals surface area (Å²) in [6.45, 7) is 1.91. The van der Waals surface area contributed by atoms with Crippen molar-refractivity contribution in [1.82, 2.24) is 0 Å². The maximum atomic E-state index is 11.7. The molecule has 0 aliphatic rings. The lowest BCUT2D eigenvalue weighted by molar-refractivity contribution is -0.160. The third kappa shape index (κ3) is 4.04. The van der Waals surface area contributed by atoms with Gasteiger partial charge in [0.05, 0.1) is 13.7 Å². The average molecular weight is 271 g/mol. The zero-order valence-corrected chi connectivity index (χ0v) is 11.1. The minimum absolute atomic E-state index is 0.214. The Morgan fingerprint density at radius 3 is 2.61 bits per heavy atom. The van der Waals surface area contributed by atoms with Crippen LogP contribution >= 0.6 is 11.6 Å². The first-order valence-electron chi connectivity index (χ1n) is 5.57. The molecule has 1 atom stereocenters. The highest BCUT2D eigenvalue weighted by Crippen LogP contribution is 2.16. The van der Waals surface area contributed by atoms with Gasteiger partial charge < -0.3 is 9.47 Å². The van der Waals surface area contributed by atoms with Crippen molar-refractivity contribution in [3.63, 3.8) is 0 Å². The van der Waals surface area contributed by atoms with Gasteiger partial charge in [-0.15, -0.1) is 0 Å². The number of carbonyl (C=O) groups excluding carboxylic acids is 2. The number of rotatable bonds is 5. The molecule has 0 fully saturated rings. The van der Waals surface area contributed by atoms with E-state index in [4.69, 9.17) is 16.3 Å². The fourth-order valence-corrected chi connectivity index (χ4v) is 1.76. The van der Waals surface area contributed by atoms with Crippen LogP contribution < -0.4 is 0 Å². The maximum absolute atomic E-state index is 11.7. The van der Waals surface area contributed by atoms with Crippen molar-refractivity contribution in [2.24, 2.45) is 5.92 Å². The monoisotopic (exact) mass is 270 g/mol. The Balaban J connectivity index is 2.84. The van der Waals surface area contributed by atoms with Crippen LogP contribution in [0.5, 0.6) is 0 Å². The number of ether oxygens (including phenoxy) is 2. The van der Waals surface area contributed by atoms with Crippen LogP contribution in [0.25, 0.3) is 0 Å². The third-order valence-corrected chi connectivity index (χ3v) is 2.62. The van der Waals surface area contributed by atoms with Crippen LogP contribution in [0, 0.1) is 5.92 Å². The van der Waals surface area contributed by atoms with Gasteiger partial charge in [0.25, 0.3) is 0 Å². The van der Waals surface area contributed by atoms with Crippen LogP contribution in [0.1, 0.15) is 12.5 Å². The van der Waals surface area contributed by atoms with E-state index in [9.17, 15) is 9.59 Å². The van der Waals surface area contributed by atoms with Crippen molar-refractivity contribution in [1.29, 1.82) is 0 Å². The molecule has 0 N–H and O–H groups in total. The van der Waals surface area contributed by atoms with Gasteiger partial charge >= 0.3 is 11.9 Å². The number of benzene rings is 1. The lowest BCUT2D eigenvalue weighted by Crippen LogP contribution is -2.29. The number of hydrogen-bond acceptors (Lipinski definition) is 4. The van der Waals surface area contributed by atoms with E-state index in [1.165, 1.54) is 7.11 Å². The van der Waals surface area contributed by atoms with Crippen LogP contribution in [0.2, 0.25) is 5.02 Å². The molecule has 98 valence electrons. The quantitative estimate of drug-likeness (QED) is 0.608. The molecule has 18 heavy (non-hydrogen) atoms. The smallest absolute Gasteiger partial charge is 0.320 e. The number of methoxy groups -OCH3 is 1. The largest absolute Gasteiger partial charge is 0.468 e. The minimum atomic E-state index is -0.951. The van der Waals surface area contributed by atoms with E-state index in [1.807, 2.05) is 0 Å². The van der Waals surface area contributed by atoms with Crippen molar-refractivity contribution in [3.8, 4) is 0 Å². The van der Waals surface area contributed by atoms with Gasteiger partial charge in [-0.3, -0.25) is 9.59 Å². The Morgan fingerprint density at radius 1 is 1.33 bits per heavy atom. The second-order valence-corrected chi connectivity index (χ2v) is 4.10. The molecule has 0 amide bonds. The molecular weight excluding hydrogens is 256 g/mol. The first kappa shape index (κ1) is 14.5. The van der Waals surface area contributed by atoms with Gasteiger partial charge in [-0.05, 0) is 31.0 Å².